The standard InChI is InChI=1S/C26H25FN4O4S/c27-21-15-29-8-6-22(21)31-25(33)18-4-5-19(14-28)20(13-18)16-2-1-3-17(12-16)24(32)30-9-11-36-23-7-10-35-26(23)34/h1-6,8,12-13,15,23H,7,9-11,14,28H2,(H,30,32)(H,29,31,33). The van der Waals surface area contributed by atoms with Gasteiger partial charge in [-0.1, -0.05) is 18.2 Å². The van der Waals surface area contributed by atoms with Gasteiger partial charge in [-0.2, -0.15) is 0 Å². The highest BCUT2D eigenvalue weighted by molar-refractivity contribution is 8.00. The zero-order chi connectivity index (χ0) is 25.5. The van der Waals surface area contributed by atoms with E-state index in [9.17, 15) is 18.8 Å². The van der Waals surface area contributed by atoms with E-state index in [1.165, 1.54) is 24.0 Å². The summed E-state index contributed by atoms with van der Waals surface area (Å²) in [4.78, 5) is 40.7. The molecule has 0 bridgehead atoms. The average Bonchev–Trinajstić information content (AvgIpc) is 3.31. The first-order valence-corrected chi connectivity index (χ1v) is 12.4. The van der Waals surface area contributed by atoms with Crippen LogP contribution in [0.3, 0.4) is 0 Å². The first-order valence-electron chi connectivity index (χ1n) is 11.4. The molecule has 1 unspecified atom stereocenters. The molecule has 4 N–H and O–H groups in total. The van der Waals surface area contributed by atoms with Crippen LogP contribution in [0.25, 0.3) is 11.1 Å². The third kappa shape index (κ3) is 6.07. The Labute approximate surface area is 211 Å². The van der Waals surface area contributed by atoms with Crippen molar-refractivity contribution >= 4 is 35.2 Å². The molecule has 2 aromatic carbocycles. The van der Waals surface area contributed by atoms with Gasteiger partial charge in [0.2, 0.25) is 0 Å². The fourth-order valence-corrected chi connectivity index (χ4v) is 4.73. The van der Waals surface area contributed by atoms with Crippen LogP contribution in [0.2, 0.25) is 0 Å². The van der Waals surface area contributed by atoms with E-state index in [0.717, 1.165) is 17.3 Å². The van der Waals surface area contributed by atoms with E-state index >= 15 is 0 Å². The molecule has 0 aliphatic carbocycles. The lowest BCUT2D eigenvalue weighted by Crippen LogP contribution is -2.26. The van der Waals surface area contributed by atoms with Crippen molar-refractivity contribution in [3.8, 4) is 11.1 Å². The molecule has 1 atom stereocenters. The Hall–Kier alpha value is -3.76. The molecule has 2 amide bonds. The van der Waals surface area contributed by atoms with Crippen LogP contribution in [0.1, 0.15) is 32.7 Å². The molecule has 1 aromatic heterocycles. The van der Waals surface area contributed by atoms with E-state index < -0.39 is 11.7 Å². The molecule has 0 saturated carbocycles. The molecule has 0 radical (unpaired) electrons. The third-order valence-corrected chi connectivity index (χ3v) is 6.91. The number of pyridine rings is 1. The fraction of sp³-hybridized carbons (Fsp3) is 0.231. The second-order valence-corrected chi connectivity index (χ2v) is 9.35. The molecule has 0 spiro atoms. The number of nitrogens with one attached hydrogen (secondary N) is 2. The number of nitrogens with two attached hydrogens (primary N) is 1. The minimum atomic E-state index is -0.634. The lowest BCUT2D eigenvalue weighted by Gasteiger charge is -2.13. The van der Waals surface area contributed by atoms with Crippen LogP contribution in [0.15, 0.2) is 60.9 Å². The molecule has 186 valence electrons. The third-order valence-electron chi connectivity index (χ3n) is 5.64. The maximum Gasteiger partial charge on any atom is 0.319 e. The van der Waals surface area contributed by atoms with E-state index in [1.807, 2.05) is 6.07 Å². The predicted molar refractivity (Wildman–Crippen MR) is 136 cm³/mol. The van der Waals surface area contributed by atoms with E-state index in [-0.39, 0.29) is 29.4 Å². The maximum absolute atomic E-state index is 13.9. The van der Waals surface area contributed by atoms with E-state index in [2.05, 4.69) is 15.6 Å². The summed E-state index contributed by atoms with van der Waals surface area (Å²) in [5.41, 5.74) is 8.93. The van der Waals surface area contributed by atoms with Gasteiger partial charge in [-0.25, -0.2) is 4.39 Å². The highest BCUT2D eigenvalue weighted by Crippen LogP contribution is 2.27. The minimum Gasteiger partial charge on any atom is -0.465 e. The van der Waals surface area contributed by atoms with Gasteiger partial charge in [-0.15, -0.1) is 11.8 Å². The molecule has 1 aliphatic rings. The predicted octanol–water partition coefficient (Wildman–Crippen LogP) is 3.38. The van der Waals surface area contributed by atoms with Crippen molar-refractivity contribution in [3.05, 3.63) is 83.4 Å². The van der Waals surface area contributed by atoms with E-state index in [1.54, 1.807) is 36.4 Å². The highest BCUT2D eigenvalue weighted by atomic mass is 32.2. The molecule has 2 heterocycles. The summed E-state index contributed by atoms with van der Waals surface area (Å²) in [7, 11) is 0. The maximum atomic E-state index is 13.9. The van der Waals surface area contributed by atoms with Crippen molar-refractivity contribution in [2.24, 2.45) is 5.73 Å². The number of cyclic esters (lactones) is 1. The number of anilines is 1. The number of thioether (sulfide) groups is 1. The number of halogens is 1. The van der Waals surface area contributed by atoms with Crippen molar-refractivity contribution in [2.75, 3.05) is 24.2 Å². The van der Waals surface area contributed by atoms with E-state index in [4.69, 9.17) is 10.5 Å². The molecule has 8 nitrogen and oxygen atoms in total. The van der Waals surface area contributed by atoms with Crippen molar-refractivity contribution in [2.45, 2.75) is 18.2 Å². The van der Waals surface area contributed by atoms with Gasteiger partial charge in [0.1, 0.15) is 5.25 Å². The van der Waals surface area contributed by atoms with Gasteiger partial charge in [0.05, 0.1) is 18.5 Å². The molecule has 1 fully saturated rings. The molecule has 3 aromatic rings. The Kier molecular flexibility index (Phi) is 8.29. The van der Waals surface area contributed by atoms with Gasteiger partial charge < -0.3 is 21.1 Å². The molecular weight excluding hydrogens is 483 g/mol. The summed E-state index contributed by atoms with van der Waals surface area (Å²) in [6.07, 6.45) is 3.10. The highest BCUT2D eigenvalue weighted by Gasteiger charge is 2.26. The second kappa shape index (κ2) is 11.8. The van der Waals surface area contributed by atoms with Gasteiger partial charge in [0.15, 0.2) is 5.82 Å². The van der Waals surface area contributed by atoms with Crippen LogP contribution in [-0.2, 0) is 16.1 Å². The number of benzene rings is 2. The second-order valence-electron chi connectivity index (χ2n) is 8.04. The number of hydrogen-bond donors (Lipinski definition) is 3. The number of carbonyl (C=O) groups excluding carboxylic acids is 3. The number of hydrogen-bond acceptors (Lipinski definition) is 7. The van der Waals surface area contributed by atoms with Crippen molar-refractivity contribution in [3.63, 3.8) is 0 Å². The number of amides is 2. The Balaban J connectivity index is 1.46. The Morgan fingerprint density at radius 2 is 1.97 bits per heavy atom. The van der Waals surface area contributed by atoms with Crippen LogP contribution in [-0.4, -0.2) is 46.9 Å². The van der Waals surface area contributed by atoms with E-state index in [0.29, 0.717) is 42.0 Å². The number of carbonyl (C=O) groups is 3. The Bertz CT molecular complexity index is 1290. The number of rotatable bonds is 9. The molecule has 1 saturated heterocycles. The quantitative estimate of drug-likeness (QED) is 0.299. The number of aromatic nitrogens is 1. The molecule has 4 rings (SSSR count). The van der Waals surface area contributed by atoms with Crippen LogP contribution < -0.4 is 16.4 Å². The molecular formula is C26H25FN4O4S. The summed E-state index contributed by atoms with van der Waals surface area (Å²) >= 11 is 1.47. The summed E-state index contributed by atoms with van der Waals surface area (Å²) in [6, 6.07) is 13.4. The van der Waals surface area contributed by atoms with Gasteiger partial charge >= 0.3 is 5.97 Å². The fourth-order valence-electron chi connectivity index (χ4n) is 3.76. The van der Waals surface area contributed by atoms with Crippen molar-refractivity contribution < 1.29 is 23.5 Å². The topological polar surface area (TPSA) is 123 Å². The minimum absolute atomic E-state index is 0.0288. The van der Waals surface area contributed by atoms with Gasteiger partial charge in [-0.05, 0) is 47.0 Å². The normalized spacial score (nSPS) is 14.8. The van der Waals surface area contributed by atoms with Crippen molar-refractivity contribution in [1.29, 1.82) is 0 Å². The Morgan fingerprint density at radius 3 is 2.72 bits per heavy atom. The summed E-state index contributed by atoms with van der Waals surface area (Å²) in [5.74, 6) is -0.968. The monoisotopic (exact) mass is 508 g/mol. The van der Waals surface area contributed by atoms with Gasteiger partial charge in [-0.3, -0.25) is 19.4 Å². The zero-order valence-corrected chi connectivity index (χ0v) is 20.1. The van der Waals surface area contributed by atoms with Crippen molar-refractivity contribution in [1.82, 2.24) is 10.3 Å². The Morgan fingerprint density at radius 1 is 1.14 bits per heavy atom. The largest absolute Gasteiger partial charge is 0.465 e. The van der Waals surface area contributed by atoms with Gasteiger partial charge in [0, 0.05) is 42.6 Å². The summed E-state index contributed by atoms with van der Waals surface area (Å²) in [5, 5.41) is 5.24. The molecule has 1 aliphatic heterocycles. The van der Waals surface area contributed by atoms with Crippen LogP contribution >= 0.6 is 11.8 Å². The average molecular weight is 509 g/mol. The summed E-state index contributed by atoms with van der Waals surface area (Å²) in [6.45, 7) is 1.09. The first kappa shape index (κ1) is 25.3. The molecule has 10 heteroatoms. The first-order chi connectivity index (χ1) is 17.5. The smallest absolute Gasteiger partial charge is 0.319 e. The number of esters is 1. The van der Waals surface area contributed by atoms with Crippen LogP contribution in [0.4, 0.5) is 10.1 Å². The zero-order valence-electron chi connectivity index (χ0n) is 19.3. The lowest BCUT2D eigenvalue weighted by atomic mass is 9.95. The summed E-state index contributed by atoms with van der Waals surface area (Å²) < 4.78 is 18.8. The molecule has 36 heavy (non-hydrogen) atoms. The SMILES string of the molecule is NCc1ccc(C(=O)Nc2ccncc2F)cc1-c1cccc(C(=O)NCCSC2CCOC2=O)c1. The number of nitrogens with zero attached hydrogens (tertiary/aromatic N) is 1. The van der Waals surface area contributed by atoms with Crippen LogP contribution in [0, 0.1) is 5.82 Å². The number of ether oxygens (including phenoxy) is 1. The van der Waals surface area contributed by atoms with Gasteiger partial charge in [0.25, 0.3) is 11.8 Å². The lowest BCUT2D eigenvalue weighted by molar-refractivity contribution is -0.137. The van der Waals surface area contributed by atoms with Crippen LogP contribution in [0.5, 0.6) is 0 Å².